The SMILES string of the molecule is CC(C)Cn1c(SCC(=O)N2CCC(Cc3ccccc3)CC2)nc2ccccc2c1=O. The third kappa shape index (κ3) is 5.41. The van der Waals surface area contributed by atoms with E-state index in [-0.39, 0.29) is 11.5 Å². The van der Waals surface area contributed by atoms with E-state index in [2.05, 4.69) is 38.1 Å². The van der Waals surface area contributed by atoms with Crippen molar-refractivity contribution in [2.45, 2.75) is 44.8 Å². The molecule has 0 spiro atoms. The maximum Gasteiger partial charge on any atom is 0.262 e. The molecule has 6 heteroatoms. The summed E-state index contributed by atoms with van der Waals surface area (Å²) in [4.78, 5) is 32.6. The van der Waals surface area contributed by atoms with E-state index in [0.717, 1.165) is 32.4 Å². The molecule has 1 fully saturated rings. The van der Waals surface area contributed by atoms with E-state index in [1.54, 1.807) is 4.57 Å². The number of fused-ring (bicyclic) bond motifs is 1. The number of rotatable bonds is 7. The topological polar surface area (TPSA) is 55.2 Å². The van der Waals surface area contributed by atoms with Gasteiger partial charge in [0.2, 0.25) is 5.91 Å². The van der Waals surface area contributed by atoms with Crippen LogP contribution in [0.4, 0.5) is 0 Å². The number of hydrogen-bond acceptors (Lipinski definition) is 4. The molecule has 1 amide bonds. The molecular weight excluding hydrogens is 418 g/mol. The van der Waals surface area contributed by atoms with Crippen LogP contribution in [0.1, 0.15) is 32.3 Å². The molecule has 0 unspecified atom stereocenters. The summed E-state index contributed by atoms with van der Waals surface area (Å²) in [7, 11) is 0. The second-order valence-corrected chi connectivity index (χ2v) is 9.97. The molecule has 1 aliphatic rings. The first-order valence-corrected chi connectivity index (χ1v) is 12.4. The molecule has 2 aromatic carbocycles. The molecule has 168 valence electrons. The summed E-state index contributed by atoms with van der Waals surface area (Å²) < 4.78 is 1.73. The first-order chi connectivity index (χ1) is 15.5. The van der Waals surface area contributed by atoms with Crippen molar-refractivity contribution < 1.29 is 4.79 Å². The van der Waals surface area contributed by atoms with E-state index in [1.165, 1.54) is 17.3 Å². The van der Waals surface area contributed by atoms with Gasteiger partial charge in [-0.3, -0.25) is 14.2 Å². The molecule has 1 aromatic heterocycles. The van der Waals surface area contributed by atoms with Crippen LogP contribution in [-0.4, -0.2) is 39.2 Å². The van der Waals surface area contributed by atoms with Gasteiger partial charge in [0.1, 0.15) is 0 Å². The van der Waals surface area contributed by atoms with Crippen molar-refractivity contribution in [3.8, 4) is 0 Å². The highest BCUT2D eigenvalue weighted by Gasteiger charge is 2.23. The first-order valence-electron chi connectivity index (χ1n) is 11.5. The molecule has 4 rings (SSSR count). The molecule has 32 heavy (non-hydrogen) atoms. The molecule has 0 saturated carbocycles. The van der Waals surface area contributed by atoms with Crippen molar-refractivity contribution in [2.24, 2.45) is 11.8 Å². The zero-order valence-corrected chi connectivity index (χ0v) is 19.7. The van der Waals surface area contributed by atoms with Crippen LogP contribution >= 0.6 is 11.8 Å². The van der Waals surface area contributed by atoms with Crippen LogP contribution in [0.2, 0.25) is 0 Å². The summed E-state index contributed by atoms with van der Waals surface area (Å²) in [5.41, 5.74) is 2.04. The maximum absolute atomic E-state index is 13.0. The molecule has 0 atom stereocenters. The lowest BCUT2D eigenvalue weighted by atomic mass is 9.90. The Bertz CT molecular complexity index is 1120. The number of hydrogen-bond donors (Lipinski definition) is 0. The lowest BCUT2D eigenvalue weighted by Crippen LogP contribution is -2.40. The Hall–Kier alpha value is -2.60. The third-order valence-electron chi connectivity index (χ3n) is 6.03. The van der Waals surface area contributed by atoms with Gasteiger partial charge in [0.25, 0.3) is 5.56 Å². The average molecular weight is 450 g/mol. The average Bonchev–Trinajstić information content (AvgIpc) is 2.80. The lowest BCUT2D eigenvalue weighted by Gasteiger charge is -2.32. The molecule has 0 aliphatic carbocycles. The van der Waals surface area contributed by atoms with Crippen molar-refractivity contribution in [1.82, 2.24) is 14.5 Å². The van der Waals surface area contributed by atoms with E-state index in [4.69, 9.17) is 4.98 Å². The molecule has 0 radical (unpaired) electrons. The third-order valence-corrected chi connectivity index (χ3v) is 6.99. The Morgan fingerprint density at radius 3 is 2.47 bits per heavy atom. The Kier molecular flexibility index (Phi) is 7.30. The predicted octanol–water partition coefficient (Wildman–Crippen LogP) is 4.63. The quantitative estimate of drug-likeness (QED) is 0.390. The normalized spacial score (nSPS) is 14.9. The van der Waals surface area contributed by atoms with Crippen molar-refractivity contribution >= 4 is 28.6 Å². The number of likely N-dealkylation sites (tertiary alicyclic amines) is 1. The zero-order chi connectivity index (χ0) is 22.5. The van der Waals surface area contributed by atoms with Gasteiger partial charge in [0.15, 0.2) is 5.16 Å². The van der Waals surface area contributed by atoms with Crippen LogP contribution in [0.15, 0.2) is 64.5 Å². The van der Waals surface area contributed by atoms with Crippen molar-refractivity contribution in [3.63, 3.8) is 0 Å². The monoisotopic (exact) mass is 449 g/mol. The van der Waals surface area contributed by atoms with Crippen LogP contribution in [0, 0.1) is 11.8 Å². The summed E-state index contributed by atoms with van der Waals surface area (Å²) in [5.74, 6) is 1.39. The van der Waals surface area contributed by atoms with Crippen LogP contribution in [0.3, 0.4) is 0 Å². The number of thioether (sulfide) groups is 1. The largest absolute Gasteiger partial charge is 0.342 e. The van der Waals surface area contributed by atoms with Gasteiger partial charge >= 0.3 is 0 Å². The second kappa shape index (κ2) is 10.3. The van der Waals surface area contributed by atoms with Crippen LogP contribution in [0.25, 0.3) is 10.9 Å². The molecular formula is C26H31N3O2S. The van der Waals surface area contributed by atoms with Crippen molar-refractivity contribution in [2.75, 3.05) is 18.8 Å². The van der Waals surface area contributed by atoms with Crippen molar-refractivity contribution in [3.05, 3.63) is 70.5 Å². The van der Waals surface area contributed by atoms with Gasteiger partial charge in [-0.05, 0) is 48.8 Å². The number of para-hydroxylation sites is 1. The molecule has 0 bridgehead atoms. The van der Waals surface area contributed by atoms with Crippen LogP contribution in [0.5, 0.6) is 0 Å². The summed E-state index contributed by atoms with van der Waals surface area (Å²) in [5, 5.41) is 1.26. The summed E-state index contributed by atoms with van der Waals surface area (Å²) >= 11 is 1.38. The fraction of sp³-hybridized carbons (Fsp3) is 0.423. The zero-order valence-electron chi connectivity index (χ0n) is 18.9. The molecule has 1 aliphatic heterocycles. The lowest BCUT2D eigenvalue weighted by molar-refractivity contribution is -0.129. The number of benzene rings is 2. The second-order valence-electron chi connectivity index (χ2n) is 9.02. The van der Waals surface area contributed by atoms with Gasteiger partial charge in [-0.1, -0.05) is 68.1 Å². The summed E-state index contributed by atoms with van der Waals surface area (Å²) in [6.07, 6.45) is 3.16. The molecule has 2 heterocycles. The highest BCUT2D eigenvalue weighted by Crippen LogP contribution is 2.24. The van der Waals surface area contributed by atoms with E-state index >= 15 is 0 Å². The summed E-state index contributed by atoms with van der Waals surface area (Å²) in [6.45, 7) is 6.38. The Balaban J connectivity index is 1.39. The van der Waals surface area contributed by atoms with E-state index in [0.29, 0.717) is 40.2 Å². The Morgan fingerprint density at radius 2 is 1.75 bits per heavy atom. The van der Waals surface area contributed by atoms with Gasteiger partial charge < -0.3 is 4.90 Å². The fourth-order valence-corrected chi connectivity index (χ4v) is 5.25. The van der Waals surface area contributed by atoms with Gasteiger partial charge in [-0.15, -0.1) is 0 Å². The molecule has 0 N–H and O–H groups in total. The smallest absolute Gasteiger partial charge is 0.262 e. The fourth-order valence-electron chi connectivity index (χ4n) is 4.34. The minimum Gasteiger partial charge on any atom is -0.342 e. The molecule has 1 saturated heterocycles. The van der Waals surface area contributed by atoms with Crippen LogP contribution < -0.4 is 5.56 Å². The van der Waals surface area contributed by atoms with Gasteiger partial charge in [-0.2, -0.15) is 0 Å². The van der Waals surface area contributed by atoms with E-state index in [9.17, 15) is 9.59 Å². The number of amides is 1. The highest BCUT2D eigenvalue weighted by molar-refractivity contribution is 7.99. The predicted molar refractivity (Wildman–Crippen MR) is 131 cm³/mol. The highest BCUT2D eigenvalue weighted by atomic mass is 32.2. The molecule has 3 aromatic rings. The Labute approximate surface area is 193 Å². The van der Waals surface area contributed by atoms with Crippen LogP contribution in [-0.2, 0) is 17.8 Å². The minimum atomic E-state index is -0.0269. The Morgan fingerprint density at radius 1 is 1.06 bits per heavy atom. The number of aromatic nitrogens is 2. The number of nitrogens with zero attached hydrogens (tertiary/aromatic N) is 3. The van der Waals surface area contributed by atoms with E-state index in [1.807, 2.05) is 35.2 Å². The van der Waals surface area contributed by atoms with Gasteiger partial charge in [-0.25, -0.2) is 4.98 Å². The summed E-state index contributed by atoms with van der Waals surface area (Å²) in [6, 6.07) is 18.0. The molecule has 5 nitrogen and oxygen atoms in total. The maximum atomic E-state index is 13.0. The van der Waals surface area contributed by atoms with Gasteiger partial charge in [0.05, 0.1) is 16.7 Å². The number of carbonyl (C=O) groups excluding carboxylic acids is 1. The van der Waals surface area contributed by atoms with Crippen molar-refractivity contribution in [1.29, 1.82) is 0 Å². The van der Waals surface area contributed by atoms with Gasteiger partial charge in [0, 0.05) is 19.6 Å². The minimum absolute atomic E-state index is 0.0269. The first kappa shape index (κ1) is 22.6. The number of carbonyl (C=O) groups is 1. The standard InChI is InChI=1S/C26H31N3O2S/c1-19(2)17-29-25(31)22-10-6-7-11-23(22)27-26(29)32-18-24(30)28-14-12-21(13-15-28)16-20-8-4-3-5-9-20/h3-11,19,21H,12-18H2,1-2H3. The van der Waals surface area contributed by atoms with E-state index < -0.39 is 0 Å². The number of piperidine rings is 1.